The van der Waals surface area contributed by atoms with Gasteiger partial charge in [-0.15, -0.1) is 0 Å². The SMILES string of the molecule is CC(C)(C)CC(C)(C)S(=O)(=O)[O-].CC(C)(C)CC(C)(C)S(=O)(=O)[O-].[Zn+2]. The number of hydrogen-bond acceptors (Lipinski definition) is 6. The summed E-state index contributed by atoms with van der Waals surface area (Å²) in [6, 6.07) is 0. The van der Waals surface area contributed by atoms with Gasteiger partial charge in [0, 0.05) is 0 Å². The van der Waals surface area contributed by atoms with E-state index in [2.05, 4.69) is 0 Å². The van der Waals surface area contributed by atoms with Crippen molar-refractivity contribution in [1.82, 2.24) is 0 Å². The van der Waals surface area contributed by atoms with Crippen molar-refractivity contribution < 1.29 is 45.4 Å². The van der Waals surface area contributed by atoms with E-state index < -0.39 is 29.7 Å². The first kappa shape index (κ1) is 30.2. The first-order chi connectivity index (χ1) is 9.91. The molecule has 0 heterocycles. The Hall–Kier alpha value is 0.443. The third-order valence-corrected chi connectivity index (χ3v) is 6.26. The van der Waals surface area contributed by atoms with Crippen molar-refractivity contribution in [2.24, 2.45) is 10.8 Å². The predicted octanol–water partition coefficient (Wildman–Crippen LogP) is 3.49. The molecule has 6 nitrogen and oxygen atoms in total. The maximum Gasteiger partial charge on any atom is 2.00 e. The smallest absolute Gasteiger partial charge is 0.748 e. The summed E-state index contributed by atoms with van der Waals surface area (Å²) in [5.74, 6) is 0. The van der Waals surface area contributed by atoms with Gasteiger partial charge in [0.1, 0.15) is 0 Å². The minimum absolute atomic E-state index is 0. The molecule has 148 valence electrons. The number of hydrogen-bond donors (Lipinski definition) is 0. The second-order valence-corrected chi connectivity index (χ2v) is 13.9. The third-order valence-electron chi connectivity index (χ3n) is 3.27. The summed E-state index contributed by atoms with van der Waals surface area (Å²) in [7, 11) is -8.37. The van der Waals surface area contributed by atoms with E-state index in [9.17, 15) is 25.9 Å². The molecule has 0 N–H and O–H groups in total. The Balaban J connectivity index is -0.000000372. The standard InChI is InChI=1S/2C8H18O3S.Zn/c2*1-7(2,3)6-8(4,5)12(9,10)11;/h2*6H2,1-5H3,(H,9,10,11);/q;;+2/p-2. The van der Waals surface area contributed by atoms with Crippen LogP contribution in [0.4, 0.5) is 0 Å². The van der Waals surface area contributed by atoms with Crippen LogP contribution >= 0.6 is 0 Å². The third kappa shape index (κ3) is 13.3. The average Bonchev–Trinajstić information content (AvgIpc) is 2.05. The van der Waals surface area contributed by atoms with Gasteiger partial charge < -0.3 is 9.11 Å². The molecule has 0 aromatic heterocycles. The fourth-order valence-electron chi connectivity index (χ4n) is 2.73. The maximum atomic E-state index is 10.8. The van der Waals surface area contributed by atoms with E-state index in [-0.39, 0.29) is 30.3 Å². The maximum absolute atomic E-state index is 10.8. The minimum Gasteiger partial charge on any atom is -0.748 e. The van der Waals surface area contributed by atoms with E-state index in [0.717, 1.165) is 0 Å². The zero-order valence-electron chi connectivity index (χ0n) is 17.4. The van der Waals surface area contributed by atoms with Gasteiger partial charge in [-0.1, -0.05) is 41.5 Å². The molecule has 0 aliphatic heterocycles. The molecule has 0 atom stereocenters. The zero-order valence-corrected chi connectivity index (χ0v) is 22.0. The van der Waals surface area contributed by atoms with Crippen LogP contribution in [0.5, 0.6) is 0 Å². The quantitative estimate of drug-likeness (QED) is 0.477. The van der Waals surface area contributed by atoms with E-state index in [1.54, 1.807) is 0 Å². The van der Waals surface area contributed by atoms with Crippen molar-refractivity contribution >= 4 is 20.2 Å². The molecule has 0 aromatic carbocycles. The van der Waals surface area contributed by atoms with E-state index >= 15 is 0 Å². The average molecular weight is 452 g/mol. The summed E-state index contributed by atoms with van der Waals surface area (Å²) < 4.78 is 62.3. The fraction of sp³-hybridized carbons (Fsp3) is 1.00. The van der Waals surface area contributed by atoms with Crippen molar-refractivity contribution in [2.45, 2.75) is 91.6 Å². The molecule has 0 bridgehead atoms. The molecular weight excluding hydrogens is 418 g/mol. The van der Waals surface area contributed by atoms with E-state index in [1.807, 2.05) is 41.5 Å². The first-order valence-electron chi connectivity index (χ1n) is 7.82. The molecule has 0 saturated heterocycles. The molecule has 0 aliphatic rings. The van der Waals surface area contributed by atoms with Gasteiger partial charge >= 0.3 is 19.5 Å². The first-order valence-corrected chi connectivity index (χ1v) is 10.6. The van der Waals surface area contributed by atoms with Crippen LogP contribution in [0.2, 0.25) is 0 Å². The van der Waals surface area contributed by atoms with Crippen molar-refractivity contribution in [3.63, 3.8) is 0 Å². The van der Waals surface area contributed by atoms with Crippen molar-refractivity contribution in [3.05, 3.63) is 0 Å². The van der Waals surface area contributed by atoms with Crippen molar-refractivity contribution in [2.75, 3.05) is 0 Å². The molecule has 0 amide bonds. The summed E-state index contributed by atoms with van der Waals surface area (Å²) in [5, 5.41) is 0. The Morgan fingerprint density at radius 2 is 0.720 bits per heavy atom. The molecule has 0 spiro atoms. The second-order valence-electron chi connectivity index (χ2n) is 9.90. The monoisotopic (exact) mass is 450 g/mol. The van der Waals surface area contributed by atoms with Crippen LogP contribution in [0.3, 0.4) is 0 Å². The Labute approximate surface area is 167 Å². The molecule has 0 aliphatic carbocycles. The molecule has 0 aromatic rings. The molecular formula is C16H34O6S2Zn. The van der Waals surface area contributed by atoms with Gasteiger partial charge in [0.25, 0.3) is 0 Å². The van der Waals surface area contributed by atoms with Crippen LogP contribution in [0.15, 0.2) is 0 Å². The largest absolute Gasteiger partial charge is 2.00 e. The van der Waals surface area contributed by atoms with Crippen molar-refractivity contribution in [3.8, 4) is 0 Å². The van der Waals surface area contributed by atoms with Gasteiger partial charge in [-0.3, -0.25) is 0 Å². The van der Waals surface area contributed by atoms with Crippen LogP contribution in [-0.2, 0) is 39.7 Å². The summed E-state index contributed by atoms with van der Waals surface area (Å²) in [5.41, 5.74) is -0.276. The van der Waals surface area contributed by atoms with Crippen LogP contribution in [0.25, 0.3) is 0 Å². The van der Waals surface area contributed by atoms with Crippen LogP contribution in [0, 0.1) is 10.8 Å². The minimum atomic E-state index is -4.19. The van der Waals surface area contributed by atoms with Crippen LogP contribution in [0.1, 0.15) is 82.1 Å². The van der Waals surface area contributed by atoms with Gasteiger partial charge in [0.05, 0.1) is 29.7 Å². The summed E-state index contributed by atoms with van der Waals surface area (Å²) in [6.45, 7) is 17.4. The zero-order chi connectivity index (χ0) is 20.4. The van der Waals surface area contributed by atoms with Gasteiger partial charge in [0.15, 0.2) is 0 Å². The van der Waals surface area contributed by atoms with Gasteiger partial charge in [-0.05, 0) is 51.4 Å². The van der Waals surface area contributed by atoms with Gasteiger partial charge in [-0.2, -0.15) is 0 Å². The Morgan fingerprint density at radius 1 is 0.560 bits per heavy atom. The van der Waals surface area contributed by atoms with E-state index in [4.69, 9.17) is 0 Å². The predicted molar refractivity (Wildman–Crippen MR) is 95.7 cm³/mol. The Bertz CT molecular complexity index is 550. The Morgan fingerprint density at radius 3 is 0.760 bits per heavy atom. The molecule has 0 radical (unpaired) electrons. The fourth-order valence-corrected chi connectivity index (χ4v) is 3.95. The van der Waals surface area contributed by atoms with Crippen LogP contribution in [-0.4, -0.2) is 35.4 Å². The summed E-state index contributed by atoms with van der Waals surface area (Å²) in [6.07, 6.45) is 0.762. The van der Waals surface area contributed by atoms with E-state index in [0.29, 0.717) is 12.8 Å². The molecule has 9 heteroatoms. The Kier molecular flexibility index (Phi) is 11.0. The normalized spacial score (nSPS) is 14.2. The molecule has 0 saturated carbocycles. The topological polar surface area (TPSA) is 114 Å². The van der Waals surface area contributed by atoms with Gasteiger partial charge in [0.2, 0.25) is 0 Å². The summed E-state index contributed by atoms with van der Waals surface area (Å²) >= 11 is 0. The number of rotatable bonds is 4. The van der Waals surface area contributed by atoms with Crippen molar-refractivity contribution in [1.29, 1.82) is 0 Å². The second kappa shape index (κ2) is 9.09. The van der Waals surface area contributed by atoms with Gasteiger partial charge in [-0.25, -0.2) is 16.8 Å². The molecule has 0 rings (SSSR count). The van der Waals surface area contributed by atoms with Crippen LogP contribution < -0.4 is 0 Å². The molecule has 25 heavy (non-hydrogen) atoms. The molecule has 0 fully saturated rings. The molecule has 0 unspecified atom stereocenters. The van der Waals surface area contributed by atoms with E-state index in [1.165, 1.54) is 27.7 Å². The summed E-state index contributed by atoms with van der Waals surface area (Å²) in [4.78, 5) is 0.